The first-order valence-electron chi connectivity index (χ1n) is 9.47. The van der Waals surface area contributed by atoms with E-state index in [-0.39, 0.29) is 23.3 Å². The fraction of sp³-hybridized carbons (Fsp3) is 0.227. The Labute approximate surface area is 183 Å². The molecule has 2 N–H and O–H groups in total. The summed E-state index contributed by atoms with van der Waals surface area (Å²) in [5.74, 6) is -0.855. The first kappa shape index (κ1) is 22.2. The van der Waals surface area contributed by atoms with Gasteiger partial charge in [0.2, 0.25) is 0 Å². The molecule has 3 rings (SSSR count). The molecule has 0 saturated heterocycles. The van der Waals surface area contributed by atoms with Crippen LogP contribution in [0.15, 0.2) is 46.9 Å². The molecule has 0 spiro atoms. The number of fused-ring (bicyclic) bond motifs is 1. The van der Waals surface area contributed by atoms with E-state index in [0.717, 1.165) is 0 Å². The Morgan fingerprint density at radius 3 is 2.55 bits per heavy atom. The van der Waals surface area contributed by atoms with Gasteiger partial charge in [-0.3, -0.25) is 20.4 Å². The molecule has 0 aliphatic carbocycles. The second-order valence-electron chi connectivity index (χ2n) is 6.92. The lowest BCUT2D eigenvalue weighted by Gasteiger charge is -2.10. The minimum Gasteiger partial charge on any atom is -0.484 e. The summed E-state index contributed by atoms with van der Waals surface area (Å²) < 4.78 is 16.4. The molecule has 0 aliphatic rings. The van der Waals surface area contributed by atoms with Gasteiger partial charge in [-0.05, 0) is 51.1 Å². The maximum absolute atomic E-state index is 12.4. The van der Waals surface area contributed by atoms with E-state index in [1.807, 2.05) is 0 Å². The molecule has 2 aromatic carbocycles. The Morgan fingerprint density at radius 2 is 1.84 bits per heavy atom. The number of hydrogen-bond acceptors (Lipinski definition) is 6. The number of carbonyl (C=O) groups excluding carboxylic acids is 3. The van der Waals surface area contributed by atoms with Crippen molar-refractivity contribution in [3.8, 4) is 5.75 Å². The van der Waals surface area contributed by atoms with Crippen molar-refractivity contribution in [1.82, 2.24) is 10.9 Å². The standard InChI is InChI=1S/C22H21ClN2O6/c1-12(2)30-22(28)20-13(3)31-18-9-8-14(10-16(18)20)29-11-19(26)24-25-21(27)15-6-4-5-7-17(15)23/h4-10,12H,11H2,1-3H3,(H,24,26)(H,25,27). The van der Waals surface area contributed by atoms with Crippen LogP contribution in [0.4, 0.5) is 0 Å². The van der Waals surface area contributed by atoms with Crippen LogP contribution < -0.4 is 15.6 Å². The summed E-state index contributed by atoms with van der Waals surface area (Å²) in [5, 5.41) is 0.786. The molecular formula is C22H21ClN2O6. The first-order valence-corrected chi connectivity index (χ1v) is 9.84. The van der Waals surface area contributed by atoms with Gasteiger partial charge in [0.15, 0.2) is 6.61 Å². The molecule has 0 saturated carbocycles. The zero-order valence-electron chi connectivity index (χ0n) is 17.2. The molecule has 1 aromatic heterocycles. The summed E-state index contributed by atoms with van der Waals surface area (Å²) in [4.78, 5) is 36.5. The van der Waals surface area contributed by atoms with Crippen molar-refractivity contribution in [3.63, 3.8) is 0 Å². The van der Waals surface area contributed by atoms with Crippen molar-refractivity contribution in [3.05, 3.63) is 64.4 Å². The average Bonchev–Trinajstić information content (AvgIpc) is 3.05. The third-order valence-electron chi connectivity index (χ3n) is 4.19. The Hall–Kier alpha value is -3.52. The maximum atomic E-state index is 12.4. The number of benzene rings is 2. The molecular weight excluding hydrogens is 424 g/mol. The predicted octanol–water partition coefficient (Wildman–Crippen LogP) is 3.80. The summed E-state index contributed by atoms with van der Waals surface area (Å²) in [6.07, 6.45) is -0.277. The molecule has 0 atom stereocenters. The number of rotatable bonds is 6. The van der Waals surface area contributed by atoms with Crippen molar-refractivity contribution in [1.29, 1.82) is 0 Å². The van der Waals surface area contributed by atoms with E-state index < -0.39 is 17.8 Å². The summed E-state index contributed by atoms with van der Waals surface area (Å²) in [7, 11) is 0. The molecule has 0 bridgehead atoms. The summed E-state index contributed by atoms with van der Waals surface area (Å²) >= 11 is 5.95. The highest BCUT2D eigenvalue weighted by Crippen LogP contribution is 2.30. The zero-order valence-corrected chi connectivity index (χ0v) is 17.9. The summed E-state index contributed by atoms with van der Waals surface area (Å²) in [5.41, 5.74) is 5.56. The van der Waals surface area contributed by atoms with Crippen LogP contribution in [0.25, 0.3) is 11.0 Å². The van der Waals surface area contributed by atoms with E-state index in [2.05, 4.69) is 10.9 Å². The highest BCUT2D eigenvalue weighted by Gasteiger charge is 2.21. The van der Waals surface area contributed by atoms with Gasteiger partial charge in [0.05, 0.1) is 16.7 Å². The highest BCUT2D eigenvalue weighted by atomic mass is 35.5. The highest BCUT2D eigenvalue weighted by molar-refractivity contribution is 6.33. The molecule has 0 fully saturated rings. The van der Waals surface area contributed by atoms with Gasteiger partial charge in [0.1, 0.15) is 22.7 Å². The number of hydrazine groups is 1. The molecule has 9 heteroatoms. The minimum atomic E-state index is -0.580. The Bertz CT molecular complexity index is 1140. The van der Waals surface area contributed by atoms with Crippen LogP contribution in [0.3, 0.4) is 0 Å². The van der Waals surface area contributed by atoms with Gasteiger partial charge in [-0.1, -0.05) is 23.7 Å². The Balaban J connectivity index is 1.63. The van der Waals surface area contributed by atoms with E-state index in [1.165, 1.54) is 6.07 Å². The molecule has 2 amide bonds. The van der Waals surface area contributed by atoms with E-state index in [9.17, 15) is 14.4 Å². The van der Waals surface area contributed by atoms with Crippen LogP contribution in [0.1, 0.15) is 40.3 Å². The largest absolute Gasteiger partial charge is 0.484 e. The van der Waals surface area contributed by atoms with Crippen LogP contribution >= 0.6 is 11.6 Å². The number of amides is 2. The lowest BCUT2D eigenvalue weighted by Crippen LogP contribution is -2.43. The number of furan rings is 1. The van der Waals surface area contributed by atoms with E-state index in [4.69, 9.17) is 25.5 Å². The van der Waals surface area contributed by atoms with Crippen LogP contribution in [-0.2, 0) is 9.53 Å². The lowest BCUT2D eigenvalue weighted by molar-refractivity contribution is -0.123. The van der Waals surface area contributed by atoms with Crippen LogP contribution in [0.2, 0.25) is 5.02 Å². The third kappa shape index (κ3) is 5.35. The fourth-order valence-corrected chi connectivity index (χ4v) is 3.06. The Morgan fingerprint density at radius 1 is 1.10 bits per heavy atom. The number of esters is 1. The van der Waals surface area contributed by atoms with E-state index >= 15 is 0 Å². The monoisotopic (exact) mass is 444 g/mol. The fourth-order valence-electron chi connectivity index (χ4n) is 2.84. The van der Waals surface area contributed by atoms with Crippen molar-refractivity contribution in [2.24, 2.45) is 0 Å². The van der Waals surface area contributed by atoms with Gasteiger partial charge in [0.25, 0.3) is 11.8 Å². The Kier molecular flexibility index (Phi) is 6.81. The molecule has 3 aromatic rings. The van der Waals surface area contributed by atoms with Gasteiger partial charge in [-0.25, -0.2) is 4.79 Å². The number of carbonyl (C=O) groups is 3. The summed E-state index contributed by atoms with van der Waals surface area (Å²) in [6.45, 7) is 4.82. The topological polar surface area (TPSA) is 107 Å². The molecule has 0 aliphatic heterocycles. The molecule has 8 nitrogen and oxygen atoms in total. The second-order valence-corrected chi connectivity index (χ2v) is 7.32. The normalized spacial score (nSPS) is 10.7. The van der Waals surface area contributed by atoms with Gasteiger partial charge in [-0.15, -0.1) is 0 Å². The SMILES string of the molecule is Cc1oc2ccc(OCC(=O)NNC(=O)c3ccccc3Cl)cc2c1C(=O)OC(C)C. The number of ether oxygens (including phenoxy) is 2. The zero-order chi connectivity index (χ0) is 22.5. The third-order valence-corrected chi connectivity index (χ3v) is 4.52. The maximum Gasteiger partial charge on any atom is 0.342 e. The van der Waals surface area contributed by atoms with Gasteiger partial charge in [-0.2, -0.15) is 0 Å². The molecule has 0 unspecified atom stereocenters. The van der Waals surface area contributed by atoms with Crippen LogP contribution in [0.5, 0.6) is 5.75 Å². The summed E-state index contributed by atoms with van der Waals surface area (Å²) in [6, 6.07) is 11.3. The molecule has 1 heterocycles. The smallest absolute Gasteiger partial charge is 0.342 e. The number of halogens is 1. The predicted molar refractivity (Wildman–Crippen MR) is 114 cm³/mol. The van der Waals surface area contributed by atoms with E-state index in [1.54, 1.807) is 57.2 Å². The average molecular weight is 445 g/mol. The van der Waals surface area contributed by atoms with Crippen molar-refractivity contribution in [2.45, 2.75) is 26.9 Å². The van der Waals surface area contributed by atoms with Gasteiger partial charge >= 0.3 is 5.97 Å². The second kappa shape index (κ2) is 9.53. The quantitative estimate of drug-likeness (QED) is 0.442. The van der Waals surface area contributed by atoms with Crippen molar-refractivity contribution in [2.75, 3.05) is 6.61 Å². The van der Waals surface area contributed by atoms with Crippen LogP contribution in [0, 0.1) is 6.92 Å². The molecule has 0 radical (unpaired) electrons. The minimum absolute atomic E-state index is 0.229. The molecule has 162 valence electrons. The number of aryl methyl sites for hydroxylation is 1. The lowest BCUT2D eigenvalue weighted by atomic mass is 10.1. The van der Waals surface area contributed by atoms with Gasteiger partial charge in [0, 0.05) is 5.39 Å². The van der Waals surface area contributed by atoms with Crippen molar-refractivity contribution >= 4 is 40.4 Å². The van der Waals surface area contributed by atoms with Crippen molar-refractivity contribution < 1.29 is 28.3 Å². The van der Waals surface area contributed by atoms with Crippen LogP contribution in [-0.4, -0.2) is 30.5 Å². The van der Waals surface area contributed by atoms with Gasteiger partial charge < -0.3 is 13.9 Å². The molecule has 31 heavy (non-hydrogen) atoms. The van der Waals surface area contributed by atoms with E-state index in [0.29, 0.717) is 28.0 Å². The number of hydrogen-bond donors (Lipinski definition) is 2. The first-order chi connectivity index (χ1) is 14.8. The number of nitrogens with one attached hydrogen (secondary N) is 2.